The van der Waals surface area contributed by atoms with Gasteiger partial charge >= 0.3 is 0 Å². The number of hydrazine groups is 1. The molecule has 1 aliphatic rings. The normalized spacial score (nSPS) is 14.8. The van der Waals surface area contributed by atoms with Crippen LogP contribution in [0.4, 0.5) is 11.8 Å². The molecule has 0 aliphatic heterocycles. The number of ether oxygens (including phenoxy) is 1. The Balaban J connectivity index is 2.06. The molecule has 3 rings (SSSR count). The lowest BCUT2D eigenvalue weighted by Gasteiger charge is -2.24. The van der Waals surface area contributed by atoms with Crippen LogP contribution in [-0.2, 0) is 4.74 Å². The molecule has 0 spiro atoms. The monoisotopic (exact) mass is 293 g/mol. The first-order chi connectivity index (χ1) is 9.72. The smallest absolute Gasteiger partial charge is 0.240 e. The molecule has 7 heteroatoms. The van der Waals surface area contributed by atoms with Crippen molar-refractivity contribution in [3.05, 3.63) is 10.9 Å². The van der Waals surface area contributed by atoms with E-state index in [1.807, 2.05) is 0 Å². The molecule has 2 aromatic heterocycles. The van der Waals surface area contributed by atoms with E-state index in [0.29, 0.717) is 18.6 Å². The van der Waals surface area contributed by atoms with Crippen molar-refractivity contribution in [2.45, 2.75) is 25.8 Å². The largest absolute Gasteiger partial charge is 0.383 e. The highest BCUT2D eigenvalue weighted by Gasteiger charge is 2.31. The Kier molecular flexibility index (Phi) is 3.73. The number of aromatic nitrogens is 2. The van der Waals surface area contributed by atoms with E-state index in [2.05, 4.69) is 33.3 Å². The summed E-state index contributed by atoms with van der Waals surface area (Å²) in [7, 11) is 1.72. The minimum Gasteiger partial charge on any atom is -0.383 e. The number of rotatable bonds is 6. The van der Waals surface area contributed by atoms with Crippen molar-refractivity contribution in [2.24, 2.45) is 5.84 Å². The van der Waals surface area contributed by atoms with E-state index in [9.17, 15) is 0 Å². The molecule has 0 radical (unpaired) electrons. The summed E-state index contributed by atoms with van der Waals surface area (Å²) in [6, 6.07) is 2.71. The van der Waals surface area contributed by atoms with Gasteiger partial charge in [-0.3, -0.25) is 5.43 Å². The Labute approximate surface area is 121 Å². The van der Waals surface area contributed by atoms with Crippen molar-refractivity contribution in [1.29, 1.82) is 0 Å². The molecule has 0 bridgehead atoms. The molecule has 1 fully saturated rings. The maximum Gasteiger partial charge on any atom is 0.240 e. The molecule has 0 amide bonds. The second kappa shape index (κ2) is 5.51. The first-order valence-electron chi connectivity index (χ1n) is 6.73. The molecular formula is C13H19N5OS. The van der Waals surface area contributed by atoms with E-state index in [1.54, 1.807) is 18.4 Å². The van der Waals surface area contributed by atoms with Crippen LogP contribution in [0.2, 0.25) is 0 Å². The number of nitrogens with two attached hydrogens (primary N) is 1. The van der Waals surface area contributed by atoms with Crippen molar-refractivity contribution in [2.75, 3.05) is 30.6 Å². The van der Waals surface area contributed by atoms with Crippen molar-refractivity contribution in [3.8, 4) is 0 Å². The Bertz CT molecular complexity index is 610. The van der Waals surface area contributed by atoms with Crippen LogP contribution in [-0.4, -0.2) is 36.3 Å². The number of nitrogen functional groups attached to an aromatic ring is 1. The first kappa shape index (κ1) is 13.5. The third-order valence-electron chi connectivity index (χ3n) is 3.42. The maximum absolute atomic E-state index is 5.49. The molecule has 2 aromatic rings. The zero-order valence-corrected chi connectivity index (χ0v) is 12.5. The fourth-order valence-electron chi connectivity index (χ4n) is 2.35. The van der Waals surface area contributed by atoms with E-state index >= 15 is 0 Å². The number of hydrogen-bond acceptors (Lipinski definition) is 7. The van der Waals surface area contributed by atoms with Gasteiger partial charge in [0.2, 0.25) is 5.95 Å². The average Bonchev–Trinajstić information content (AvgIpc) is 3.20. The van der Waals surface area contributed by atoms with Gasteiger partial charge < -0.3 is 9.64 Å². The van der Waals surface area contributed by atoms with Crippen LogP contribution < -0.4 is 16.2 Å². The number of methoxy groups -OCH3 is 1. The van der Waals surface area contributed by atoms with Crippen LogP contribution >= 0.6 is 11.3 Å². The lowest BCUT2D eigenvalue weighted by molar-refractivity contribution is 0.205. The lowest BCUT2D eigenvalue weighted by atomic mass is 10.3. The number of hydrogen-bond donors (Lipinski definition) is 2. The minimum atomic E-state index is 0.470. The molecule has 2 heterocycles. The topological polar surface area (TPSA) is 76.3 Å². The quantitative estimate of drug-likeness (QED) is 0.626. The SMILES string of the molecule is COCCN(c1nc(NN)nc2sc(C)cc12)C1CC1. The molecule has 6 nitrogen and oxygen atoms in total. The predicted octanol–water partition coefficient (Wildman–Crippen LogP) is 1.90. The molecule has 108 valence electrons. The Morgan fingerprint density at radius 3 is 2.95 bits per heavy atom. The lowest BCUT2D eigenvalue weighted by Crippen LogP contribution is -2.30. The van der Waals surface area contributed by atoms with Gasteiger partial charge in [0.25, 0.3) is 0 Å². The standard InChI is InChI=1S/C13H19N5OS/c1-8-7-10-11(15-13(17-14)16-12(10)20-8)18(5-6-19-2)9-3-4-9/h7,9H,3-6,14H2,1-2H3,(H,15,16,17). The van der Waals surface area contributed by atoms with Gasteiger partial charge in [-0.05, 0) is 25.8 Å². The second-order valence-electron chi connectivity index (χ2n) is 5.01. The summed E-state index contributed by atoms with van der Waals surface area (Å²) in [6.45, 7) is 3.62. The first-order valence-corrected chi connectivity index (χ1v) is 7.55. The van der Waals surface area contributed by atoms with Gasteiger partial charge in [0, 0.05) is 24.6 Å². The molecule has 1 saturated carbocycles. The Morgan fingerprint density at radius 1 is 1.50 bits per heavy atom. The van der Waals surface area contributed by atoms with Gasteiger partial charge in [0.1, 0.15) is 10.6 Å². The molecule has 0 aromatic carbocycles. The third kappa shape index (κ3) is 2.56. The van der Waals surface area contributed by atoms with Gasteiger partial charge in [-0.25, -0.2) is 10.8 Å². The molecule has 0 atom stereocenters. The van der Waals surface area contributed by atoms with Crippen molar-refractivity contribution >= 4 is 33.3 Å². The molecule has 20 heavy (non-hydrogen) atoms. The number of anilines is 2. The summed E-state index contributed by atoms with van der Waals surface area (Å²) in [5.74, 6) is 6.93. The van der Waals surface area contributed by atoms with E-state index in [0.717, 1.165) is 22.6 Å². The predicted molar refractivity (Wildman–Crippen MR) is 82.2 cm³/mol. The van der Waals surface area contributed by atoms with Gasteiger partial charge in [-0.15, -0.1) is 11.3 Å². The summed E-state index contributed by atoms with van der Waals surface area (Å²) in [5.41, 5.74) is 2.57. The van der Waals surface area contributed by atoms with Crippen LogP contribution in [0.15, 0.2) is 6.07 Å². The molecule has 0 saturated heterocycles. The Hall–Kier alpha value is -1.44. The molecule has 3 N–H and O–H groups in total. The van der Waals surface area contributed by atoms with Gasteiger partial charge in [-0.1, -0.05) is 0 Å². The van der Waals surface area contributed by atoms with Crippen molar-refractivity contribution in [3.63, 3.8) is 0 Å². The van der Waals surface area contributed by atoms with E-state index in [1.165, 1.54) is 17.7 Å². The van der Waals surface area contributed by atoms with Crippen LogP contribution in [0, 0.1) is 6.92 Å². The van der Waals surface area contributed by atoms with Gasteiger partial charge in [0.05, 0.1) is 12.0 Å². The van der Waals surface area contributed by atoms with Crippen LogP contribution in [0.1, 0.15) is 17.7 Å². The van der Waals surface area contributed by atoms with Crippen LogP contribution in [0.3, 0.4) is 0 Å². The fourth-order valence-corrected chi connectivity index (χ4v) is 3.22. The van der Waals surface area contributed by atoms with Gasteiger partial charge in [0.15, 0.2) is 0 Å². The second-order valence-corrected chi connectivity index (χ2v) is 6.24. The zero-order valence-electron chi connectivity index (χ0n) is 11.7. The highest BCUT2D eigenvalue weighted by Crippen LogP contribution is 2.37. The number of nitrogens with zero attached hydrogens (tertiary/aromatic N) is 3. The summed E-state index contributed by atoms with van der Waals surface area (Å²) in [6.07, 6.45) is 2.42. The maximum atomic E-state index is 5.49. The summed E-state index contributed by atoms with van der Waals surface area (Å²) >= 11 is 1.66. The van der Waals surface area contributed by atoms with Gasteiger partial charge in [-0.2, -0.15) is 4.98 Å². The van der Waals surface area contributed by atoms with Crippen LogP contribution in [0.25, 0.3) is 10.2 Å². The third-order valence-corrected chi connectivity index (χ3v) is 4.37. The van der Waals surface area contributed by atoms with Crippen molar-refractivity contribution in [1.82, 2.24) is 9.97 Å². The fraction of sp³-hybridized carbons (Fsp3) is 0.538. The summed E-state index contributed by atoms with van der Waals surface area (Å²) in [5, 5.41) is 1.11. The van der Waals surface area contributed by atoms with E-state index in [-0.39, 0.29) is 0 Å². The molecule has 1 aliphatic carbocycles. The Morgan fingerprint density at radius 2 is 2.30 bits per heavy atom. The number of fused-ring (bicyclic) bond motifs is 1. The summed E-state index contributed by atoms with van der Waals surface area (Å²) in [4.78, 5) is 13.5. The average molecular weight is 293 g/mol. The van der Waals surface area contributed by atoms with Crippen molar-refractivity contribution < 1.29 is 4.74 Å². The minimum absolute atomic E-state index is 0.470. The number of nitrogens with one attached hydrogen (secondary N) is 1. The van der Waals surface area contributed by atoms with E-state index < -0.39 is 0 Å². The summed E-state index contributed by atoms with van der Waals surface area (Å²) < 4.78 is 5.22. The van der Waals surface area contributed by atoms with Crippen LogP contribution in [0.5, 0.6) is 0 Å². The number of aryl methyl sites for hydroxylation is 1. The van der Waals surface area contributed by atoms with E-state index in [4.69, 9.17) is 10.6 Å². The number of thiophene rings is 1. The molecular weight excluding hydrogens is 274 g/mol. The zero-order chi connectivity index (χ0) is 14.1. The highest BCUT2D eigenvalue weighted by molar-refractivity contribution is 7.18. The highest BCUT2D eigenvalue weighted by atomic mass is 32.1. The molecule has 0 unspecified atom stereocenters.